The lowest BCUT2D eigenvalue weighted by atomic mass is 9.92. The Bertz CT molecular complexity index is 644. The Labute approximate surface area is 144 Å². The van der Waals surface area contributed by atoms with Gasteiger partial charge in [-0.2, -0.15) is 0 Å². The molecule has 108 valence electrons. The van der Waals surface area contributed by atoms with Crippen molar-refractivity contribution in [3.05, 3.63) is 89.6 Å². The molecule has 0 N–H and O–H groups in total. The summed E-state index contributed by atoms with van der Waals surface area (Å²) in [6.07, 6.45) is 4.60. The van der Waals surface area contributed by atoms with Crippen molar-refractivity contribution in [2.24, 2.45) is 0 Å². The second-order valence-electron chi connectivity index (χ2n) is 5.28. The minimum absolute atomic E-state index is 0. The van der Waals surface area contributed by atoms with Crippen molar-refractivity contribution in [1.29, 1.82) is 0 Å². The monoisotopic (exact) mass is 389 g/mol. The summed E-state index contributed by atoms with van der Waals surface area (Å²) < 4.78 is 0. The highest BCUT2D eigenvalue weighted by molar-refractivity contribution is 14.0. The first-order valence-electron chi connectivity index (χ1n) is 6.98. The summed E-state index contributed by atoms with van der Waals surface area (Å²) in [6, 6.07) is 21.5. The molecule has 1 nitrogen and oxygen atoms in total. The third-order valence-corrected chi connectivity index (χ3v) is 3.83. The van der Waals surface area contributed by atoms with Crippen molar-refractivity contribution in [1.82, 2.24) is 4.90 Å². The molecule has 0 saturated heterocycles. The Morgan fingerprint density at radius 3 is 2.05 bits per heavy atom. The van der Waals surface area contributed by atoms with E-state index in [0.29, 0.717) is 6.04 Å². The maximum Gasteiger partial charge on any atom is 0.0723 e. The normalized spacial score (nSPS) is 17.6. The molecule has 1 unspecified atom stereocenters. The molecular formula is C19H20IN. The summed E-state index contributed by atoms with van der Waals surface area (Å²) in [5, 5.41) is 0. The number of nitrogens with zero attached hydrogens (tertiary/aromatic N) is 1. The molecule has 0 amide bonds. The van der Waals surface area contributed by atoms with Crippen molar-refractivity contribution in [2.45, 2.75) is 13.0 Å². The van der Waals surface area contributed by atoms with Crippen LogP contribution in [0.15, 0.2) is 78.5 Å². The van der Waals surface area contributed by atoms with Crippen molar-refractivity contribution < 1.29 is 0 Å². The number of likely N-dealkylation sites (N-methyl/N-ethyl adjacent to an activating group) is 1. The molecular weight excluding hydrogens is 369 g/mol. The van der Waals surface area contributed by atoms with E-state index in [2.05, 4.69) is 91.8 Å². The van der Waals surface area contributed by atoms with Gasteiger partial charge in [0.1, 0.15) is 0 Å². The van der Waals surface area contributed by atoms with Gasteiger partial charge in [0.2, 0.25) is 0 Å². The number of benzene rings is 2. The van der Waals surface area contributed by atoms with E-state index in [-0.39, 0.29) is 24.0 Å². The van der Waals surface area contributed by atoms with Crippen molar-refractivity contribution in [2.75, 3.05) is 7.05 Å². The second kappa shape index (κ2) is 6.94. The first-order chi connectivity index (χ1) is 9.75. The maximum absolute atomic E-state index is 2.34. The van der Waals surface area contributed by atoms with E-state index in [1.54, 1.807) is 0 Å². The highest BCUT2D eigenvalue weighted by Crippen LogP contribution is 2.34. The predicted octanol–water partition coefficient (Wildman–Crippen LogP) is 5.28. The zero-order chi connectivity index (χ0) is 13.9. The fraction of sp³-hybridized carbons (Fsp3) is 0.158. The quantitative estimate of drug-likeness (QED) is 0.632. The van der Waals surface area contributed by atoms with E-state index < -0.39 is 0 Å². The Morgan fingerprint density at radius 2 is 1.43 bits per heavy atom. The lowest BCUT2D eigenvalue weighted by molar-refractivity contribution is 0.390. The molecule has 0 fully saturated rings. The van der Waals surface area contributed by atoms with Crippen LogP contribution in [0.3, 0.4) is 0 Å². The van der Waals surface area contributed by atoms with Gasteiger partial charge in [-0.05, 0) is 23.6 Å². The summed E-state index contributed by atoms with van der Waals surface area (Å²) >= 11 is 0. The molecule has 2 aromatic rings. The summed E-state index contributed by atoms with van der Waals surface area (Å²) in [7, 11) is 2.14. The van der Waals surface area contributed by atoms with Gasteiger partial charge in [0, 0.05) is 18.8 Å². The van der Waals surface area contributed by atoms with Crippen LogP contribution in [0, 0.1) is 0 Å². The molecule has 3 rings (SSSR count). The van der Waals surface area contributed by atoms with Crippen molar-refractivity contribution in [3.8, 4) is 0 Å². The van der Waals surface area contributed by atoms with Gasteiger partial charge in [0.15, 0.2) is 0 Å². The van der Waals surface area contributed by atoms with E-state index in [4.69, 9.17) is 0 Å². The fourth-order valence-electron chi connectivity index (χ4n) is 2.73. The average Bonchev–Trinajstić information content (AvgIpc) is 2.51. The third kappa shape index (κ3) is 3.38. The van der Waals surface area contributed by atoms with E-state index >= 15 is 0 Å². The van der Waals surface area contributed by atoms with Crippen LogP contribution in [-0.4, -0.2) is 11.9 Å². The summed E-state index contributed by atoms with van der Waals surface area (Å²) in [5.41, 5.74) is 5.25. The summed E-state index contributed by atoms with van der Waals surface area (Å²) in [5.74, 6) is 0. The standard InChI is InChI=1S/C19H19N.HI/c1-15-13-19(17-11-7-4-8-12-17)20(2)14-18(15)16-9-5-3-6-10-16;/h3-14,19H,1-2H3;1H. The van der Waals surface area contributed by atoms with E-state index in [1.807, 2.05) is 0 Å². The average molecular weight is 389 g/mol. The molecule has 1 heterocycles. The van der Waals surface area contributed by atoms with Crippen molar-refractivity contribution in [3.63, 3.8) is 0 Å². The molecule has 0 bridgehead atoms. The molecule has 1 atom stereocenters. The first-order valence-corrected chi connectivity index (χ1v) is 6.98. The number of hydrogen-bond donors (Lipinski definition) is 0. The lowest BCUT2D eigenvalue weighted by Gasteiger charge is -2.31. The number of hydrogen-bond acceptors (Lipinski definition) is 1. The minimum Gasteiger partial charge on any atom is -0.369 e. The van der Waals surface area contributed by atoms with Gasteiger partial charge in [0.05, 0.1) is 6.04 Å². The van der Waals surface area contributed by atoms with Gasteiger partial charge in [-0.3, -0.25) is 0 Å². The first kappa shape index (κ1) is 15.8. The lowest BCUT2D eigenvalue weighted by Crippen LogP contribution is -2.21. The number of halogens is 1. The molecule has 2 aromatic carbocycles. The fourth-order valence-corrected chi connectivity index (χ4v) is 2.73. The van der Waals surface area contributed by atoms with Crippen LogP contribution in [0.2, 0.25) is 0 Å². The molecule has 0 aliphatic carbocycles. The highest BCUT2D eigenvalue weighted by atomic mass is 127. The van der Waals surface area contributed by atoms with Gasteiger partial charge in [-0.15, -0.1) is 24.0 Å². The molecule has 0 radical (unpaired) electrons. The van der Waals surface area contributed by atoms with Crippen LogP contribution in [0.25, 0.3) is 5.57 Å². The topological polar surface area (TPSA) is 3.24 Å². The molecule has 0 aromatic heterocycles. The summed E-state index contributed by atoms with van der Waals surface area (Å²) in [6.45, 7) is 2.20. The van der Waals surface area contributed by atoms with Gasteiger partial charge in [-0.1, -0.05) is 66.7 Å². The van der Waals surface area contributed by atoms with Crippen LogP contribution < -0.4 is 0 Å². The molecule has 2 heteroatoms. The Hall–Kier alpha value is -1.55. The van der Waals surface area contributed by atoms with Crippen LogP contribution in [-0.2, 0) is 0 Å². The van der Waals surface area contributed by atoms with Gasteiger partial charge in [-0.25, -0.2) is 0 Å². The SMILES string of the molecule is CC1=CC(c2ccccc2)N(C)C=C1c1ccccc1.I. The Kier molecular flexibility index (Phi) is 5.23. The van der Waals surface area contributed by atoms with Crippen molar-refractivity contribution >= 4 is 29.5 Å². The number of rotatable bonds is 2. The van der Waals surface area contributed by atoms with Gasteiger partial charge in [0.25, 0.3) is 0 Å². The molecule has 0 saturated carbocycles. The molecule has 1 aliphatic heterocycles. The molecule has 21 heavy (non-hydrogen) atoms. The van der Waals surface area contributed by atoms with Crippen LogP contribution in [0.5, 0.6) is 0 Å². The predicted molar refractivity (Wildman–Crippen MR) is 101 cm³/mol. The Morgan fingerprint density at radius 1 is 0.857 bits per heavy atom. The smallest absolute Gasteiger partial charge is 0.0723 e. The van der Waals surface area contributed by atoms with Gasteiger partial charge >= 0.3 is 0 Å². The zero-order valence-corrected chi connectivity index (χ0v) is 14.7. The largest absolute Gasteiger partial charge is 0.369 e. The highest BCUT2D eigenvalue weighted by Gasteiger charge is 2.19. The zero-order valence-electron chi connectivity index (χ0n) is 12.4. The number of allylic oxidation sites excluding steroid dienone is 2. The van der Waals surface area contributed by atoms with Gasteiger partial charge < -0.3 is 4.90 Å². The second-order valence-corrected chi connectivity index (χ2v) is 5.28. The Balaban J connectivity index is 0.00000161. The molecule has 0 spiro atoms. The summed E-state index contributed by atoms with van der Waals surface area (Å²) in [4.78, 5) is 2.28. The minimum atomic E-state index is 0. The van der Waals surface area contributed by atoms with E-state index in [0.717, 1.165) is 0 Å². The van der Waals surface area contributed by atoms with Crippen LogP contribution in [0.4, 0.5) is 0 Å². The third-order valence-electron chi connectivity index (χ3n) is 3.83. The maximum atomic E-state index is 2.34. The molecule has 1 aliphatic rings. The van der Waals surface area contributed by atoms with E-state index in [9.17, 15) is 0 Å². The van der Waals surface area contributed by atoms with Crippen LogP contribution in [0.1, 0.15) is 24.1 Å². The van der Waals surface area contributed by atoms with Crippen LogP contribution >= 0.6 is 24.0 Å². The van der Waals surface area contributed by atoms with E-state index in [1.165, 1.54) is 22.3 Å².